The molecule has 0 aliphatic carbocycles. The summed E-state index contributed by atoms with van der Waals surface area (Å²) in [6, 6.07) is 13.2. The van der Waals surface area contributed by atoms with Crippen LogP contribution in [0.4, 0.5) is 17.1 Å². The number of nitro benzene ring substituents is 2. The highest BCUT2D eigenvalue weighted by Crippen LogP contribution is 2.36. The second-order valence-corrected chi connectivity index (χ2v) is 10.3. The average molecular weight is 498 g/mol. The Kier molecular flexibility index (Phi) is 6.16. The molecule has 11 nitrogen and oxygen atoms in total. The molecule has 0 saturated carbocycles. The van der Waals surface area contributed by atoms with Crippen LogP contribution < -0.4 is 3.71 Å². The zero-order valence-electron chi connectivity index (χ0n) is 15.7. The third-order valence-electron chi connectivity index (χ3n) is 4.16. The molecule has 0 N–H and O–H groups in total. The van der Waals surface area contributed by atoms with E-state index in [0.29, 0.717) is 6.07 Å². The number of hydrogen-bond acceptors (Lipinski definition) is 8. The van der Waals surface area contributed by atoms with Gasteiger partial charge in [0.05, 0.1) is 20.4 Å². The van der Waals surface area contributed by atoms with Gasteiger partial charge >= 0.3 is 0 Å². The Bertz CT molecular complexity index is 1430. The highest BCUT2D eigenvalue weighted by Gasteiger charge is 2.41. The summed E-state index contributed by atoms with van der Waals surface area (Å²) in [6.07, 6.45) is 0. The lowest BCUT2D eigenvalue weighted by atomic mass is 10.3. The first kappa shape index (κ1) is 23.1. The third kappa shape index (κ3) is 4.12. The zero-order chi connectivity index (χ0) is 23.7. The van der Waals surface area contributed by atoms with E-state index in [2.05, 4.69) is 0 Å². The van der Waals surface area contributed by atoms with Gasteiger partial charge in [-0.15, -0.1) is 0 Å². The first-order chi connectivity index (χ1) is 15.0. The van der Waals surface area contributed by atoms with Crippen molar-refractivity contribution < 1.29 is 26.7 Å². The lowest BCUT2D eigenvalue weighted by molar-refractivity contribution is -0.387. The Balaban J connectivity index is 2.34. The summed E-state index contributed by atoms with van der Waals surface area (Å²) < 4.78 is 53.8. The van der Waals surface area contributed by atoms with Crippen LogP contribution >= 0.6 is 11.6 Å². The number of sulfonamides is 2. The molecular formula is C18H12ClN3O8S2. The van der Waals surface area contributed by atoms with Gasteiger partial charge in [0, 0.05) is 12.1 Å². The lowest BCUT2D eigenvalue weighted by Gasteiger charge is -2.24. The molecule has 0 radical (unpaired) electrons. The highest BCUT2D eigenvalue weighted by molar-refractivity contribution is 8.10. The van der Waals surface area contributed by atoms with E-state index in [1.807, 2.05) is 0 Å². The predicted molar refractivity (Wildman–Crippen MR) is 114 cm³/mol. The summed E-state index contributed by atoms with van der Waals surface area (Å²) in [5, 5.41) is 22.2. The van der Waals surface area contributed by atoms with Gasteiger partial charge in [-0.25, -0.2) is 8.42 Å². The molecule has 0 saturated heterocycles. The van der Waals surface area contributed by atoms with Gasteiger partial charge in [-0.1, -0.05) is 41.9 Å². The van der Waals surface area contributed by atoms with Crippen LogP contribution in [0.1, 0.15) is 0 Å². The quantitative estimate of drug-likeness (QED) is 0.352. The van der Waals surface area contributed by atoms with E-state index in [0.717, 1.165) is 36.4 Å². The number of anilines is 1. The number of nitro groups is 2. The van der Waals surface area contributed by atoms with Crippen LogP contribution in [-0.2, 0) is 20.0 Å². The van der Waals surface area contributed by atoms with Crippen LogP contribution in [0.2, 0.25) is 5.02 Å². The van der Waals surface area contributed by atoms with Crippen molar-refractivity contribution in [3.63, 3.8) is 0 Å². The summed E-state index contributed by atoms with van der Waals surface area (Å²) in [5.74, 6) is 0. The van der Waals surface area contributed by atoms with Gasteiger partial charge in [0.2, 0.25) is 0 Å². The summed E-state index contributed by atoms with van der Waals surface area (Å²) in [5.41, 5.74) is -1.96. The number of hydrogen-bond donors (Lipinski definition) is 0. The average Bonchev–Trinajstić information content (AvgIpc) is 2.74. The Morgan fingerprint density at radius 3 is 1.88 bits per heavy atom. The molecule has 0 spiro atoms. The molecule has 32 heavy (non-hydrogen) atoms. The monoisotopic (exact) mass is 497 g/mol. The van der Waals surface area contributed by atoms with Gasteiger partial charge in [-0.3, -0.25) is 20.2 Å². The Morgan fingerprint density at radius 2 is 1.28 bits per heavy atom. The number of rotatable bonds is 7. The van der Waals surface area contributed by atoms with Crippen molar-refractivity contribution >= 4 is 48.7 Å². The van der Waals surface area contributed by atoms with E-state index in [-0.39, 0.29) is 14.4 Å². The van der Waals surface area contributed by atoms with Gasteiger partial charge < -0.3 is 0 Å². The Labute approximate surface area is 186 Å². The fourth-order valence-electron chi connectivity index (χ4n) is 2.76. The second-order valence-electron chi connectivity index (χ2n) is 6.14. The molecular weight excluding hydrogens is 486 g/mol. The molecule has 0 bridgehead atoms. The summed E-state index contributed by atoms with van der Waals surface area (Å²) >= 11 is 5.74. The first-order valence-corrected chi connectivity index (χ1v) is 11.8. The van der Waals surface area contributed by atoms with E-state index in [4.69, 9.17) is 11.6 Å². The molecule has 0 heterocycles. The van der Waals surface area contributed by atoms with E-state index in [1.54, 1.807) is 0 Å². The topological polar surface area (TPSA) is 158 Å². The number of halogens is 1. The minimum Gasteiger partial charge on any atom is -0.258 e. The van der Waals surface area contributed by atoms with Crippen LogP contribution in [0.15, 0.2) is 82.6 Å². The van der Waals surface area contributed by atoms with Crippen LogP contribution in [0, 0.1) is 20.2 Å². The predicted octanol–water partition coefficient (Wildman–Crippen LogP) is 3.74. The van der Waals surface area contributed by atoms with Crippen LogP contribution in [0.5, 0.6) is 0 Å². The maximum absolute atomic E-state index is 13.4. The molecule has 3 rings (SSSR count). The maximum Gasteiger partial charge on any atom is 0.289 e. The van der Waals surface area contributed by atoms with Gasteiger partial charge in [0.25, 0.3) is 31.4 Å². The van der Waals surface area contributed by atoms with E-state index < -0.39 is 51.1 Å². The van der Waals surface area contributed by atoms with Crippen molar-refractivity contribution in [1.82, 2.24) is 0 Å². The number of benzene rings is 3. The maximum atomic E-state index is 13.4. The van der Waals surface area contributed by atoms with E-state index in [1.165, 1.54) is 30.3 Å². The second kappa shape index (κ2) is 8.53. The Morgan fingerprint density at radius 1 is 0.719 bits per heavy atom. The fourth-order valence-corrected chi connectivity index (χ4v) is 6.81. The Hall–Kier alpha value is -3.55. The third-order valence-corrected chi connectivity index (χ3v) is 8.70. The molecule has 166 valence electrons. The molecule has 3 aromatic carbocycles. The standard InChI is InChI=1S/C18H12ClN3O8S2/c19-15-11-10-14(12-17(15)21(25)26)31(27,28)22(13-6-2-1-3-7-13)32(29,30)18-9-5-4-8-16(18)20(23)24/h1-12H. The lowest BCUT2D eigenvalue weighted by Crippen LogP contribution is -2.37. The fraction of sp³-hybridized carbons (Fsp3) is 0. The van der Waals surface area contributed by atoms with E-state index >= 15 is 0 Å². The van der Waals surface area contributed by atoms with Gasteiger partial charge in [-0.2, -0.15) is 12.1 Å². The summed E-state index contributed by atoms with van der Waals surface area (Å²) in [7, 11) is -10.1. The van der Waals surface area contributed by atoms with Crippen molar-refractivity contribution in [3.8, 4) is 0 Å². The van der Waals surface area contributed by atoms with Crippen molar-refractivity contribution in [2.75, 3.05) is 3.71 Å². The number of nitrogens with zero attached hydrogens (tertiary/aromatic N) is 3. The molecule has 0 unspecified atom stereocenters. The van der Waals surface area contributed by atoms with Gasteiger partial charge in [0.1, 0.15) is 5.02 Å². The SMILES string of the molecule is O=[N+]([O-])c1cc(S(=O)(=O)N(c2ccccc2)S(=O)(=O)c2ccccc2[N+](=O)[O-])ccc1Cl. The minimum atomic E-state index is -5.08. The smallest absolute Gasteiger partial charge is 0.258 e. The normalized spacial score (nSPS) is 11.7. The minimum absolute atomic E-state index is 0.00467. The summed E-state index contributed by atoms with van der Waals surface area (Å²) in [4.78, 5) is 19.1. The number of para-hydroxylation sites is 2. The van der Waals surface area contributed by atoms with Crippen molar-refractivity contribution in [3.05, 3.63) is 98.0 Å². The van der Waals surface area contributed by atoms with Crippen molar-refractivity contribution in [2.24, 2.45) is 0 Å². The molecule has 0 aromatic heterocycles. The molecule has 14 heteroatoms. The van der Waals surface area contributed by atoms with Gasteiger partial charge in [-0.05, 0) is 30.3 Å². The molecule has 0 amide bonds. The first-order valence-electron chi connectivity index (χ1n) is 8.51. The van der Waals surface area contributed by atoms with Crippen LogP contribution in [0.3, 0.4) is 0 Å². The molecule has 0 fully saturated rings. The molecule has 0 aliphatic rings. The van der Waals surface area contributed by atoms with E-state index in [9.17, 15) is 37.1 Å². The largest absolute Gasteiger partial charge is 0.289 e. The summed E-state index contributed by atoms with van der Waals surface area (Å²) in [6.45, 7) is 0. The molecule has 0 aliphatic heterocycles. The zero-order valence-corrected chi connectivity index (χ0v) is 18.1. The van der Waals surface area contributed by atoms with Crippen molar-refractivity contribution in [2.45, 2.75) is 9.79 Å². The molecule has 0 atom stereocenters. The molecule has 3 aromatic rings. The highest BCUT2D eigenvalue weighted by atomic mass is 35.5. The van der Waals surface area contributed by atoms with Crippen molar-refractivity contribution in [1.29, 1.82) is 0 Å². The van der Waals surface area contributed by atoms with Crippen LogP contribution in [-0.4, -0.2) is 26.7 Å². The van der Waals surface area contributed by atoms with Gasteiger partial charge in [0.15, 0.2) is 4.90 Å². The van der Waals surface area contributed by atoms with Crippen LogP contribution in [0.25, 0.3) is 0 Å².